The highest BCUT2D eigenvalue weighted by molar-refractivity contribution is 7.66. The molecule has 24 heteroatoms. The fourth-order valence-electron chi connectivity index (χ4n) is 3.02. The zero-order valence-electron chi connectivity index (χ0n) is 17.3. The third-order valence-electron chi connectivity index (χ3n) is 4.42. The Morgan fingerprint density at radius 2 is 1.65 bits per heavy atom. The van der Waals surface area contributed by atoms with Crippen molar-refractivity contribution in [1.82, 2.24) is 15.0 Å². The lowest BCUT2D eigenvalue weighted by Crippen LogP contribution is -2.33. The Balaban J connectivity index is 1.79. The molecule has 0 spiro atoms. The van der Waals surface area contributed by atoms with E-state index in [1.54, 1.807) is 0 Å². The van der Waals surface area contributed by atoms with Crippen LogP contribution >= 0.6 is 23.5 Å². The number of ether oxygens (including phenoxy) is 1. The highest BCUT2D eigenvalue weighted by Gasteiger charge is 2.47. The average molecular weight is 605 g/mol. The van der Waals surface area contributed by atoms with Gasteiger partial charge in [-0.2, -0.15) is 26.2 Å². The molecular formula is C13H14F4N3O14P3. The van der Waals surface area contributed by atoms with E-state index in [-0.39, 0.29) is 0 Å². The number of nitrogens with zero attached hydrogens (tertiary/aromatic N) is 2. The van der Waals surface area contributed by atoms with Crippen molar-refractivity contribution < 1.29 is 78.9 Å². The molecule has 0 bridgehead atoms. The van der Waals surface area contributed by atoms with E-state index in [1.807, 2.05) is 4.98 Å². The summed E-state index contributed by atoms with van der Waals surface area (Å²) in [5, 5.41) is 20.4. The van der Waals surface area contributed by atoms with Crippen LogP contribution in [0.15, 0.2) is 10.9 Å². The summed E-state index contributed by atoms with van der Waals surface area (Å²) in [7, 11) is -17.1. The fraction of sp³-hybridized carbons (Fsp3) is 0.462. The lowest BCUT2D eigenvalue weighted by Gasteiger charge is -2.19. The predicted octanol–water partition coefficient (Wildman–Crippen LogP) is -0.0190. The molecule has 17 nitrogen and oxygen atoms in total. The maximum absolute atomic E-state index is 13.8. The van der Waals surface area contributed by atoms with Gasteiger partial charge in [-0.05, 0) is 6.07 Å². The van der Waals surface area contributed by atoms with E-state index < -0.39 is 94.6 Å². The first kappa shape index (κ1) is 29.9. The van der Waals surface area contributed by atoms with Crippen LogP contribution in [0.2, 0.25) is 0 Å². The molecule has 7 N–H and O–H groups in total. The summed E-state index contributed by atoms with van der Waals surface area (Å²) in [4.78, 5) is 55.8. The summed E-state index contributed by atoms with van der Waals surface area (Å²) in [6.45, 7) is -1.20. The molecule has 37 heavy (non-hydrogen) atoms. The fourth-order valence-corrected chi connectivity index (χ4v) is 6.05. The summed E-state index contributed by atoms with van der Waals surface area (Å²) >= 11 is 0. The number of aromatic nitrogens is 3. The third kappa shape index (κ3) is 7.24. The standard InChI is InChI=1S/C13H14F4N3O14P3/c14-10-9(13(15,16)17)19-11-4(18-10)1-3(12(23)20-11)8-7(22)6(21)5(32-8)2-31-36(27,28)34-37(29,30)33-35(24,25)26/h1,5-8,21-22H,2H2,(H,27,28)(H,29,30)(H,19,20,23)(H2,24,25,26)/t5-,6?,7+,8+/m1/s1. The Hall–Kier alpha value is -1.70. The number of hydrogen-bond acceptors (Lipinski definition) is 12. The van der Waals surface area contributed by atoms with Crippen LogP contribution in [0.5, 0.6) is 0 Å². The van der Waals surface area contributed by atoms with Gasteiger partial charge in [-0.25, -0.2) is 23.7 Å². The quantitative estimate of drug-likeness (QED) is 0.154. The molecule has 1 saturated heterocycles. The van der Waals surface area contributed by atoms with Crippen LogP contribution in [-0.4, -0.2) is 69.7 Å². The highest BCUT2D eigenvalue weighted by Crippen LogP contribution is 2.66. The molecule has 1 aliphatic rings. The van der Waals surface area contributed by atoms with Gasteiger partial charge in [-0.1, -0.05) is 0 Å². The number of phosphoric acid groups is 3. The summed E-state index contributed by atoms with van der Waals surface area (Å²) in [5.41, 5.74) is -5.19. The minimum Gasteiger partial charge on any atom is -0.387 e. The van der Waals surface area contributed by atoms with E-state index in [4.69, 9.17) is 19.4 Å². The molecule has 2 aromatic rings. The van der Waals surface area contributed by atoms with Crippen LogP contribution in [0.1, 0.15) is 17.4 Å². The van der Waals surface area contributed by atoms with Crippen molar-refractivity contribution >= 4 is 34.6 Å². The zero-order chi connectivity index (χ0) is 28.1. The first-order valence-electron chi connectivity index (χ1n) is 9.17. The third-order valence-corrected chi connectivity index (χ3v) is 8.22. The second-order valence-corrected chi connectivity index (χ2v) is 11.5. The van der Waals surface area contributed by atoms with Gasteiger partial charge in [-0.15, -0.1) is 0 Å². The lowest BCUT2D eigenvalue weighted by molar-refractivity contribution is -0.143. The van der Waals surface area contributed by atoms with Crippen molar-refractivity contribution in [3.8, 4) is 0 Å². The number of aromatic amines is 1. The molecule has 0 saturated carbocycles. The van der Waals surface area contributed by atoms with Crippen molar-refractivity contribution in [2.45, 2.75) is 30.6 Å². The van der Waals surface area contributed by atoms with Crippen molar-refractivity contribution in [2.24, 2.45) is 0 Å². The van der Waals surface area contributed by atoms with Crippen LogP contribution in [0.25, 0.3) is 11.2 Å². The molecule has 3 rings (SSSR count). The van der Waals surface area contributed by atoms with Crippen LogP contribution in [-0.2, 0) is 37.8 Å². The number of H-pyrrole nitrogens is 1. The predicted molar refractivity (Wildman–Crippen MR) is 105 cm³/mol. The molecule has 0 radical (unpaired) electrons. The van der Waals surface area contributed by atoms with Gasteiger partial charge in [0, 0.05) is 0 Å². The minimum atomic E-state index is -5.85. The average Bonchev–Trinajstić information content (AvgIpc) is 2.96. The van der Waals surface area contributed by atoms with Gasteiger partial charge in [0.1, 0.15) is 29.9 Å². The minimum absolute atomic E-state index is 0.589. The van der Waals surface area contributed by atoms with Gasteiger partial charge in [0.15, 0.2) is 5.65 Å². The Morgan fingerprint density at radius 3 is 2.22 bits per heavy atom. The number of fused-ring (bicyclic) bond motifs is 1. The van der Waals surface area contributed by atoms with E-state index in [0.717, 1.165) is 0 Å². The number of pyridine rings is 1. The van der Waals surface area contributed by atoms with Gasteiger partial charge >= 0.3 is 29.6 Å². The topological polar surface area (TPSA) is 268 Å². The Kier molecular flexibility index (Phi) is 8.17. The van der Waals surface area contributed by atoms with Crippen molar-refractivity contribution in [3.63, 3.8) is 0 Å². The molecule has 0 aromatic carbocycles. The lowest BCUT2D eigenvalue weighted by atomic mass is 10.0. The Labute approximate surface area is 200 Å². The molecule has 0 amide bonds. The maximum atomic E-state index is 13.8. The Bertz CT molecular complexity index is 1400. The molecule has 0 aliphatic carbocycles. The van der Waals surface area contributed by atoms with E-state index >= 15 is 0 Å². The number of halogens is 4. The van der Waals surface area contributed by atoms with Gasteiger partial charge in [-0.3, -0.25) is 9.32 Å². The first-order chi connectivity index (χ1) is 16.7. The molecule has 1 aliphatic heterocycles. The van der Waals surface area contributed by atoms with Crippen LogP contribution < -0.4 is 5.56 Å². The number of aliphatic hydroxyl groups is 2. The molecule has 3 unspecified atom stereocenters. The maximum Gasteiger partial charge on any atom is 0.490 e. The summed E-state index contributed by atoms with van der Waals surface area (Å²) < 4.78 is 102. The molecule has 6 atom stereocenters. The molecule has 2 aromatic heterocycles. The normalized spacial score (nSPS) is 26.2. The molecular weight excluding hydrogens is 591 g/mol. The SMILES string of the molecule is O=c1[nH]c2nc(C(F)(F)F)c(F)nc2cc1[C@@H]1O[C@H](COP(=O)(O)OP(=O)(O)OP(=O)(O)O)C(O)[C@@H]1O. The van der Waals surface area contributed by atoms with Gasteiger partial charge in [0.2, 0.25) is 11.6 Å². The van der Waals surface area contributed by atoms with Gasteiger partial charge < -0.3 is 39.5 Å². The molecule has 1 fully saturated rings. The van der Waals surface area contributed by atoms with E-state index in [1.165, 1.54) is 0 Å². The number of rotatable bonds is 8. The van der Waals surface area contributed by atoms with Crippen molar-refractivity contribution in [2.75, 3.05) is 6.61 Å². The second kappa shape index (κ2) is 10.1. The summed E-state index contributed by atoms with van der Waals surface area (Å²) in [6, 6.07) is 0.704. The highest BCUT2D eigenvalue weighted by atomic mass is 31.3. The first-order valence-corrected chi connectivity index (χ1v) is 13.7. The largest absolute Gasteiger partial charge is 0.490 e. The van der Waals surface area contributed by atoms with Gasteiger partial charge in [0.25, 0.3) is 5.56 Å². The summed E-state index contributed by atoms with van der Waals surface area (Å²) in [6.07, 6.45) is -12.8. The van der Waals surface area contributed by atoms with Crippen molar-refractivity contribution in [3.05, 3.63) is 33.6 Å². The van der Waals surface area contributed by atoms with E-state index in [2.05, 4.69) is 23.1 Å². The number of nitrogens with one attached hydrogen (secondary N) is 1. The smallest absolute Gasteiger partial charge is 0.387 e. The Morgan fingerprint density at radius 1 is 1.03 bits per heavy atom. The van der Waals surface area contributed by atoms with Crippen LogP contribution in [0, 0.1) is 5.95 Å². The number of aliphatic hydroxyl groups excluding tert-OH is 2. The number of phosphoric ester groups is 1. The molecule has 3 heterocycles. The second-order valence-electron chi connectivity index (χ2n) is 7.11. The molecule has 208 valence electrons. The van der Waals surface area contributed by atoms with Crippen LogP contribution in [0.4, 0.5) is 17.6 Å². The van der Waals surface area contributed by atoms with Crippen LogP contribution in [0.3, 0.4) is 0 Å². The zero-order valence-corrected chi connectivity index (χ0v) is 20.0. The monoisotopic (exact) mass is 605 g/mol. The van der Waals surface area contributed by atoms with Crippen molar-refractivity contribution in [1.29, 1.82) is 0 Å². The van der Waals surface area contributed by atoms with Gasteiger partial charge in [0.05, 0.1) is 12.2 Å². The number of alkyl halides is 3. The number of hydrogen-bond donors (Lipinski definition) is 7. The van der Waals surface area contributed by atoms with E-state index in [0.29, 0.717) is 6.07 Å². The summed E-state index contributed by atoms with van der Waals surface area (Å²) in [5.74, 6) is -2.03. The van der Waals surface area contributed by atoms with E-state index in [9.17, 15) is 51.2 Å².